The molecule has 1 saturated heterocycles. The van der Waals surface area contributed by atoms with E-state index in [9.17, 15) is 5.11 Å². The SMILES string of the molecule is CC1(C)CCC[C@]2(C)[C@@H]1C[C@H](O)[C@]1(C)[C@H](c3ccccc3)C[C@H]3O[C@]312. The number of hydrogen-bond donors (Lipinski definition) is 1. The number of hydrogen-bond acceptors (Lipinski definition) is 2. The van der Waals surface area contributed by atoms with Gasteiger partial charge in [-0.15, -0.1) is 0 Å². The van der Waals surface area contributed by atoms with Crippen molar-refractivity contribution in [3.8, 4) is 0 Å². The molecular formula is C23H32O2. The largest absolute Gasteiger partial charge is 0.392 e. The van der Waals surface area contributed by atoms with E-state index in [-0.39, 0.29) is 22.5 Å². The lowest BCUT2D eigenvalue weighted by molar-refractivity contribution is -0.196. The summed E-state index contributed by atoms with van der Waals surface area (Å²) in [5.41, 5.74) is 1.58. The first-order chi connectivity index (χ1) is 11.8. The zero-order valence-electron chi connectivity index (χ0n) is 16.1. The molecule has 3 saturated carbocycles. The van der Waals surface area contributed by atoms with Crippen molar-refractivity contribution in [2.75, 3.05) is 0 Å². The molecule has 1 aromatic rings. The van der Waals surface area contributed by atoms with Gasteiger partial charge in [0.15, 0.2) is 0 Å². The molecule has 2 nitrogen and oxygen atoms in total. The molecule has 25 heavy (non-hydrogen) atoms. The molecule has 1 N–H and O–H groups in total. The van der Waals surface area contributed by atoms with Crippen LogP contribution in [0.5, 0.6) is 0 Å². The van der Waals surface area contributed by atoms with Crippen molar-refractivity contribution in [3.63, 3.8) is 0 Å². The van der Waals surface area contributed by atoms with E-state index < -0.39 is 0 Å². The second kappa shape index (κ2) is 4.70. The van der Waals surface area contributed by atoms with Crippen molar-refractivity contribution in [3.05, 3.63) is 35.9 Å². The zero-order valence-corrected chi connectivity index (χ0v) is 16.1. The third kappa shape index (κ3) is 1.69. The number of aliphatic hydroxyl groups is 1. The number of benzene rings is 1. The molecule has 7 atom stereocenters. The Morgan fingerprint density at radius 1 is 1.00 bits per heavy atom. The average molecular weight is 341 g/mol. The van der Waals surface area contributed by atoms with Crippen LogP contribution in [0.15, 0.2) is 30.3 Å². The summed E-state index contributed by atoms with van der Waals surface area (Å²) < 4.78 is 6.58. The van der Waals surface area contributed by atoms with Crippen LogP contribution in [0.25, 0.3) is 0 Å². The first kappa shape index (κ1) is 16.3. The predicted octanol–water partition coefficient (Wildman–Crippen LogP) is 4.92. The van der Waals surface area contributed by atoms with Crippen molar-refractivity contribution in [2.45, 2.75) is 83.5 Å². The summed E-state index contributed by atoms with van der Waals surface area (Å²) in [6.45, 7) is 9.67. The van der Waals surface area contributed by atoms with Gasteiger partial charge in [0.25, 0.3) is 0 Å². The maximum absolute atomic E-state index is 11.5. The first-order valence-electron chi connectivity index (χ1n) is 10.2. The minimum atomic E-state index is -0.277. The second-order valence-electron chi connectivity index (χ2n) is 10.4. The summed E-state index contributed by atoms with van der Waals surface area (Å²) in [6, 6.07) is 10.9. The Morgan fingerprint density at radius 2 is 1.72 bits per heavy atom. The number of ether oxygens (including phenoxy) is 1. The van der Waals surface area contributed by atoms with Crippen LogP contribution >= 0.6 is 0 Å². The van der Waals surface area contributed by atoms with Crippen molar-refractivity contribution in [2.24, 2.45) is 22.2 Å². The van der Waals surface area contributed by atoms with Crippen LogP contribution < -0.4 is 0 Å². The lowest BCUT2D eigenvalue weighted by Gasteiger charge is -2.63. The molecule has 5 rings (SSSR count). The highest BCUT2D eigenvalue weighted by Gasteiger charge is 2.85. The average Bonchev–Trinajstić information content (AvgIpc) is 3.25. The minimum Gasteiger partial charge on any atom is -0.392 e. The van der Waals surface area contributed by atoms with Crippen LogP contribution in [0.4, 0.5) is 0 Å². The Morgan fingerprint density at radius 3 is 2.44 bits per heavy atom. The molecule has 1 aromatic carbocycles. The summed E-state index contributed by atoms with van der Waals surface area (Å²) in [4.78, 5) is 0. The maximum Gasteiger partial charge on any atom is 0.109 e. The van der Waals surface area contributed by atoms with Crippen LogP contribution in [-0.2, 0) is 4.74 Å². The molecule has 3 aliphatic carbocycles. The highest BCUT2D eigenvalue weighted by atomic mass is 16.6. The molecular weight excluding hydrogens is 308 g/mol. The van der Waals surface area contributed by atoms with E-state index >= 15 is 0 Å². The Kier molecular flexibility index (Phi) is 3.07. The number of epoxide rings is 1. The fourth-order valence-corrected chi connectivity index (χ4v) is 7.97. The van der Waals surface area contributed by atoms with Gasteiger partial charge in [-0.2, -0.15) is 0 Å². The third-order valence-corrected chi connectivity index (χ3v) is 9.13. The minimum absolute atomic E-state index is 0.124. The zero-order chi connectivity index (χ0) is 17.7. The normalized spacial score (nSPS) is 52.8. The van der Waals surface area contributed by atoms with Crippen molar-refractivity contribution in [1.82, 2.24) is 0 Å². The van der Waals surface area contributed by atoms with E-state index in [0.717, 1.165) is 12.8 Å². The van der Waals surface area contributed by atoms with Gasteiger partial charge >= 0.3 is 0 Å². The predicted molar refractivity (Wildman–Crippen MR) is 99.4 cm³/mol. The van der Waals surface area contributed by atoms with Crippen LogP contribution in [0.1, 0.15) is 71.3 Å². The number of fused-ring (bicyclic) bond motifs is 1. The lowest BCUT2D eigenvalue weighted by Crippen LogP contribution is -2.65. The Hall–Kier alpha value is -0.860. The summed E-state index contributed by atoms with van der Waals surface area (Å²) >= 11 is 0. The van der Waals surface area contributed by atoms with Gasteiger partial charge in [0.1, 0.15) is 5.60 Å². The van der Waals surface area contributed by atoms with Gasteiger partial charge < -0.3 is 9.84 Å². The monoisotopic (exact) mass is 340 g/mol. The van der Waals surface area contributed by atoms with Crippen LogP contribution in [-0.4, -0.2) is 22.9 Å². The smallest absolute Gasteiger partial charge is 0.109 e. The van der Waals surface area contributed by atoms with Gasteiger partial charge in [0.05, 0.1) is 12.2 Å². The van der Waals surface area contributed by atoms with Gasteiger partial charge in [-0.05, 0) is 48.5 Å². The van der Waals surface area contributed by atoms with Gasteiger partial charge in [-0.25, -0.2) is 0 Å². The Bertz CT molecular complexity index is 697. The Balaban J connectivity index is 1.64. The van der Waals surface area contributed by atoms with Crippen molar-refractivity contribution >= 4 is 0 Å². The van der Waals surface area contributed by atoms with Crippen LogP contribution in [0.2, 0.25) is 0 Å². The third-order valence-electron chi connectivity index (χ3n) is 9.13. The molecule has 0 aromatic heterocycles. The standard InChI is InChI=1S/C23H32O2/c1-20(2)11-8-12-21(3)17(20)14-18(24)22(4)16(13-19-23(21,22)25-19)15-9-6-5-7-10-15/h5-7,9-10,16-19,24H,8,11-14H2,1-4H3/t16-,17+,18-,19+,21+,22-,23-/m0/s1. The van der Waals surface area contributed by atoms with Crippen LogP contribution in [0, 0.1) is 22.2 Å². The fourth-order valence-electron chi connectivity index (χ4n) is 7.97. The first-order valence-corrected chi connectivity index (χ1v) is 10.2. The lowest BCUT2D eigenvalue weighted by atomic mass is 9.41. The fraction of sp³-hybridized carbons (Fsp3) is 0.739. The molecule has 1 spiro atoms. The Labute approximate surface area is 152 Å². The molecule has 1 aliphatic heterocycles. The molecule has 0 unspecified atom stereocenters. The number of aliphatic hydroxyl groups excluding tert-OH is 1. The summed E-state index contributed by atoms with van der Waals surface area (Å²) in [7, 11) is 0. The van der Waals surface area contributed by atoms with E-state index in [2.05, 4.69) is 58.0 Å². The molecule has 136 valence electrons. The highest BCUT2D eigenvalue weighted by Crippen LogP contribution is 2.80. The summed E-state index contributed by atoms with van der Waals surface area (Å²) in [5.74, 6) is 0.960. The van der Waals surface area contributed by atoms with E-state index in [0.29, 0.717) is 23.4 Å². The molecule has 2 heteroatoms. The van der Waals surface area contributed by atoms with E-state index in [1.807, 2.05) is 0 Å². The van der Waals surface area contributed by atoms with Gasteiger partial charge in [0.2, 0.25) is 0 Å². The molecule has 4 fully saturated rings. The maximum atomic E-state index is 11.5. The quantitative estimate of drug-likeness (QED) is 0.736. The number of rotatable bonds is 1. The topological polar surface area (TPSA) is 32.8 Å². The summed E-state index contributed by atoms with van der Waals surface area (Å²) in [5, 5.41) is 11.5. The second-order valence-corrected chi connectivity index (χ2v) is 10.4. The molecule has 0 amide bonds. The molecule has 1 heterocycles. The molecule has 4 aliphatic rings. The van der Waals surface area contributed by atoms with Crippen molar-refractivity contribution in [1.29, 1.82) is 0 Å². The summed E-state index contributed by atoms with van der Waals surface area (Å²) in [6.07, 6.45) is 5.88. The van der Waals surface area contributed by atoms with E-state index in [1.54, 1.807) is 0 Å². The van der Waals surface area contributed by atoms with Gasteiger partial charge in [-0.1, -0.05) is 64.4 Å². The van der Waals surface area contributed by atoms with E-state index in [4.69, 9.17) is 4.74 Å². The highest BCUT2D eigenvalue weighted by molar-refractivity contribution is 5.39. The van der Waals surface area contributed by atoms with Crippen LogP contribution in [0.3, 0.4) is 0 Å². The molecule has 0 radical (unpaired) electrons. The van der Waals surface area contributed by atoms with Crippen molar-refractivity contribution < 1.29 is 9.84 Å². The van der Waals surface area contributed by atoms with Gasteiger partial charge in [-0.3, -0.25) is 0 Å². The molecule has 0 bridgehead atoms. The van der Waals surface area contributed by atoms with E-state index in [1.165, 1.54) is 24.8 Å². The van der Waals surface area contributed by atoms with Gasteiger partial charge in [0, 0.05) is 10.8 Å².